The van der Waals surface area contributed by atoms with E-state index in [1.54, 1.807) is 18.2 Å². The van der Waals surface area contributed by atoms with Gasteiger partial charge in [0.1, 0.15) is 6.20 Å². The molecule has 1 aromatic carbocycles. The number of rotatable bonds is 3. The molecular formula is C14H14N2O4. The van der Waals surface area contributed by atoms with Crippen LogP contribution in [-0.2, 0) is 0 Å². The van der Waals surface area contributed by atoms with Crippen molar-refractivity contribution < 1.29 is 14.8 Å². The first kappa shape index (κ1) is 15.3. The van der Waals surface area contributed by atoms with Crippen molar-refractivity contribution in [3.05, 3.63) is 58.3 Å². The highest BCUT2D eigenvalue weighted by molar-refractivity contribution is 5.88. The third-order valence-electron chi connectivity index (χ3n) is 2.40. The second-order valence-electron chi connectivity index (χ2n) is 3.54. The number of hydrogen-bond acceptors (Lipinski definition) is 4. The first-order chi connectivity index (χ1) is 9.58. The molecule has 0 atom stereocenters. The summed E-state index contributed by atoms with van der Waals surface area (Å²) >= 11 is 0. The van der Waals surface area contributed by atoms with Gasteiger partial charge < -0.3 is 15.2 Å². The van der Waals surface area contributed by atoms with E-state index in [0.29, 0.717) is 5.56 Å². The number of nitro groups is 1. The largest absolute Gasteiger partial charge is 0.478 e. The maximum Gasteiger partial charge on any atom is 0.363 e. The SMILES string of the molecule is CC.O=C(O)c1ccc(-c2ccc([N+](=O)[O-])nc2)cc1. The van der Waals surface area contributed by atoms with Crippen LogP contribution >= 0.6 is 0 Å². The van der Waals surface area contributed by atoms with Gasteiger partial charge in [-0.05, 0) is 33.7 Å². The van der Waals surface area contributed by atoms with E-state index in [-0.39, 0.29) is 11.4 Å². The summed E-state index contributed by atoms with van der Waals surface area (Å²) in [4.78, 5) is 24.3. The van der Waals surface area contributed by atoms with Gasteiger partial charge in [0.25, 0.3) is 0 Å². The number of hydrogen-bond donors (Lipinski definition) is 1. The van der Waals surface area contributed by atoms with Crippen molar-refractivity contribution >= 4 is 11.8 Å². The van der Waals surface area contributed by atoms with Crippen molar-refractivity contribution in [1.29, 1.82) is 0 Å². The van der Waals surface area contributed by atoms with E-state index >= 15 is 0 Å². The molecule has 0 spiro atoms. The average Bonchev–Trinajstić information content (AvgIpc) is 2.49. The third kappa shape index (κ3) is 3.61. The topological polar surface area (TPSA) is 93.3 Å². The molecule has 2 aromatic rings. The molecule has 0 aliphatic rings. The molecule has 104 valence electrons. The summed E-state index contributed by atoms with van der Waals surface area (Å²) in [5, 5.41) is 19.2. The molecule has 0 amide bonds. The number of benzene rings is 1. The molecule has 0 bridgehead atoms. The standard InChI is InChI=1S/C12H8N2O4.C2H6/c15-12(16)9-3-1-8(2-4-9)10-5-6-11(13-7-10)14(17)18;1-2/h1-7H,(H,15,16);1-2H3. The molecule has 0 aliphatic carbocycles. The van der Waals surface area contributed by atoms with Gasteiger partial charge >= 0.3 is 11.8 Å². The van der Waals surface area contributed by atoms with E-state index in [2.05, 4.69) is 4.98 Å². The Morgan fingerprint density at radius 1 is 1.10 bits per heavy atom. The van der Waals surface area contributed by atoms with Crippen molar-refractivity contribution in [3.8, 4) is 11.1 Å². The number of aromatic nitrogens is 1. The minimum absolute atomic E-state index is 0.189. The van der Waals surface area contributed by atoms with Gasteiger partial charge in [-0.2, -0.15) is 0 Å². The van der Waals surface area contributed by atoms with Gasteiger partial charge in [0, 0.05) is 11.6 Å². The zero-order valence-electron chi connectivity index (χ0n) is 11.1. The second-order valence-corrected chi connectivity index (χ2v) is 3.54. The minimum atomic E-state index is -0.997. The van der Waals surface area contributed by atoms with Gasteiger partial charge in [0.2, 0.25) is 0 Å². The normalized spacial score (nSPS) is 9.30. The molecule has 20 heavy (non-hydrogen) atoms. The molecule has 0 aliphatic heterocycles. The fraction of sp³-hybridized carbons (Fsp3) is 0.143. The molecule has 0 saturated heterocycles. The molecule has 6 nitrogen and oxygen atoms in total. The summed E-state index contributed by atoms with van der Waals surface area (Å²) in [7, 11) is 0. The van der Waals surface area contributed by atoms with Gasteiger partial charge in [-0.1, -0.05) is 26.0 Å². The summed E-state index contributed by atoms with van der Waals surface area (Å²) in [6, 6.07) is 9.08. The van der Waals surface area contributed by atoms with Crippen molar-refractivity contribution in [2.24, 2.45) is 0 Å². The van der Waals surface area contributed by atoms with E-state index < -0.39 is 10.9 Å². The molecule has 2 rings (SSSR count). The zero-order chi connectivity index (χ0) is 15.1. The lowest BCUT2D eigenvalue weighted by atomic mass is 10.1. The van der Waals surface area contributed by atoms with Gasteiger partial charge in [-0.15, -0.1) is 0 Å². The maximum absolute atomic E-state index is 10.7. The van der Waals surface area contributed by atoms with E-state index in [1.165, 1.54) is 24.4 Å². The number of carboxylic acid groups (broad SMARTS) is 1. The van der Waals surface area contributed by atoms with Crippen LogP contribution in [0.4, 0.5) is 5.82 Å². The van der Waals surface area contributed by atoms with Crippen LogP contribution in [0, 0.1) is 10.1 Å². The lowest BCUT2D eigenvalue weighted by molar-refractivity contribution is -0.389. The third-order valence-corrected chi connectivity index (χ3v) is 2.40. The van der Waals surface area contributed by atoms with Crippen LogP contribution in [0.1, 0.15) is 24.2 Å². The Bertz CT molecular complexity index is 536. The Balaban J connectivity index is 0.000000956. The molecule has 1 N–H and O–H groups in total. The maximum atomic E-state index is 10.7. The highest BCUT2D eigenvalue weighted by Gasteiger charge is 2.08. The molecule has 0 fully saturated rings. The lowest BCUT2D eigenvalue weighted by Crippen LogP contribution is -1.95. The Morgan fingerprint density at radius 3 is 2.05 bits per heavy atom. The Hall–Kier alpha value is -2.76. The first-order valence-corrected chi connectivity index (χ1v) is 6.02. The Kier molecular flexibility index (Phi) is 5.34. The predicted octanol–water partition coefficient (Wildman–Crippen LogP) is 3.38. The minimum Gasteiger partial charge on any atom is -0.478 e. The molecule has 1 aromatic heterocycles. The van der Waals surface area contributed by atoms with Gasteiger partial charge in [0.05, 0.1) is 5.56 Å². The fourth-order valence-corrected chi connectivity index (χ4v) is 1.47. The van der Waals surface area contributed by atoms with Gasteiger partial charge in [-0.25, -0.2) is 4.79 Å². The number of nitrogens with zero attached hydrogens (tertiary/aromatic N) is 2. The quantitative estimate of drug-likeness (QED) is 0.684. The number of carboxylic acids is 1. The highest BCUT2D eigenvalue weighted by Crippen LogP contribution is 2.20. The molecule has 6 heteroatoms. The summed E-state index contributed by atoms with van der Waals surface area (Å²) in [6.45, 7) is 4.00. The number of aromatic carboxylic acids is 1. The van der Waals surface area contributed by atoms with Crippen LogP contribution < -0.4 is 0 Å². The van der Waals surface area contributed by atoms with Crippen LogP contribution in [0.15, 0.2) is 42.6 Å². The van der Waals surface area contributed by atoms with Crippen LogP contribution in [0.2, 0.25) is 0 Å². The number of pyridine rings is 1. The Labute approximate surface area is 115 Å². The highest BCUT2D eigenvalue weighted by atomic mass is 16.6. The predicted molar refractivity (Wildman–Crippen MR) is 74.6 cm³/mol. The Morgan fingerprint density at radius 2 is 1.65 bits per heavy atom. The second kappa shape index (κ2) is 6.98. The molecular weight excluding hydrogens is 260 g/mol. The molecule has 0 radical (unpaired) electrons. The summed E-state index contributed by atoms with van der Waals surface area (Å²) in [5.74, 6) is -1.22. The van der Waals surface area contributed by atoms with Gasteiger partial charge in [0.15, 0.2) is 0 Å². The summed E-state index contributed by atoms with van der Waals surface area (Å²) in [6.07, 6.45) is 1.38. The lowest BCUT2D eigenvalue weighted by Gasteiger charge is -2.00. The van der Waals surface area contributed by atoms with E-state index in [1.807, 2.05) is 13.8 Å². The number of carbonyl (C=O) groups is 1. The smallest absolute Gasteiger partial charge is 0.363 e. The molecule has 0 saturated carbocycles. The monoisotopic (exact) mass is 274 g/mol. The van der Waals surface area contributed by atoms with Crippen molar-refractivity contribution in [2.45, 2.75) is 13.8 Å². The van der Waals surface area contributed by atoms with Crippen molar-refractivity contribution in [3.63, 3.8) is 0 Å². The average molecular weight is 274 g/mol. The van der Waals surface area contributed by atoms with Crippen molar-refractivity contribution in [1.82, 2.24) is 4.98 Å². The molecule has 0 unspecified atom stereocenters. The van der Waals surface area contributed by atoms with Crippen LogP contribution in [-0.4, -0.2) is 21.0 Å². The van der Waals surface area contributed by atoms with Crippen LogP contribution in [0.25, 0.3) is 11.1 Å². The van der Waals surface area contributed by atoms with Crippen molar-refractivity contribution in [2.75, 3.05) is 0 Å². The first-order valence-electron chi connectivity index (χ1n) is 6.02. The van der Waals surface area contributed by atoms with Crippen LogP contribution in [0.3, 0.4) is 0 Å². The fourth-order valence-electron chi connectivity index (χ4n) is 1.47. The summed E-state index contributed by atoms with van der Waals surface area (Å²) in [5.41, 5.74) is 1.63. The zero-order valence-corrected chi connectivity index (χ0v) is 11.1. The van der Waals surface area contributed by atoms with E-state index in [9.17, 15) is 14.9 Å². The van der Waals surface area contributed by atoms with E-state index in [0.717, 1.165) is 5.56 Å². The van der Waals surface area contributed by atoms with Crippen LogP contribution in [0.5, 0.6) is 0 Å². The van der Waals surface area contributed by atoms with E-state index in [4.69, 9.17) is 5.11 Å². The molecule has 1 heterocycles. The van der Waals surface area contributed by atoms with Gasteiger partial charge in [-0.3, -0.25) is 0 Å². The summed E-state index contributed by atoms with van der Waals surface area (Å²) < 4.78 is 0.